The van der Waals surface area contributed by atoms with E-state index in [0.717, 1.165) is 24.8 Å². The van der Waals surface area contributed by atoms with Gasteiger partial charge in [-0.15, -0.1) is 0 Å². The third-order valence-corrected chi connectivity index (χ3v) is 3.00. The Morgan fingerprint density at radius 3 is 2.63 bits per heavy atom. The summed E-state index contributed by atoms with van der Waals surface area (Å²) < 4.78 is 0. The molecule has 0 saturated carbocycles. The molecule has 2 amide bonds. The molecule has 106 valence electrons. The molecule has 0 aliphatic heterocycles. The first kappa shape index (κ1) is 15.5. The van der Waals surface area contributed by atoms with Crippen LogP contribution < -0.4 is 10.6 Å². The Hall–Kier alpha value is -1.55. The van der Waals surface area contributed by atoms with E-state index in [-0.39, 0.29) is 25.2 Å². The number of amides is 2. The van der Waals surface area contributed by atoms with Crippen LogP contribution in [-0.2, 0) is 0 Å². The molecule has 1 aromatic rings. The average molecular weight is 264 g/mol. The van der Waals surface area contributed by atoms with Gasteiger partial charge < -0.3 is 15.7 Å². The molecular weight excluding hydrogens is 240 g/mol. The molecule has 1 rings (SSSR count). The monoisotopic (exact) mass is 264 g/mol. The van der Waals surface area contributed by atoms with Crippen molar-refractivity contribution in [2.75, 3.05) is 13.2 Å². The molecule has 0 fully saturated rings. The Morgan fingerprint density at radius 1 is 1.26 bits per heavy atom. The van der Waals surface area contributed by atoms with E-state index in [2.05, 4.69) is 17.6 Å². The van der Waals surface area contributed by atoms with Crippen LogP contribution in [0.1, 0.15) is 44.2 Å². The second-order valence-corrected chi connectivity index (χ2v) is 4.58. The number of rotatable bonds is 8. The first-order chi connectivity index (χ1) is 9.27. The first-order valence-electron chi connectivity index (χ1n) is 6.98. The fourth-order valence-corrected chi connectivity index (χ4v) is 1.98. The van der Waals surface area contributed by atoms with Gasteiger partial charge >= 0.3 is 6.03 Å². The summed E-state index contributed by atoms with van der Waals surface area (Å²) >= 11 is 0. The highest BCUT2D eigenvalue weighted by atomic mass is 16.3. The third-order valence-electron chi connectivity index (χ3n) is 3.00. The Kier molecular flexibility index (Phi) is 7.66. The van der Waals surface area contributed by atoms with E-state index in [4.69, 9.17) is 5.11 Å². The molecule has 0 aliphatic rings. The number of benzene rings is 1. The standard InChI is InChI=1S/C15H24N2O2/c1-2-3-5-10-14(13-8-6-4-7-9-13)17-15(19)16-11-12-18/h4,6-9,14,18H,2-3,5,10-12H2,1H3,(H2,16,17,19). The minimum atomic E-state index is -0.223. The molecule has 3 N–H and O–H groups in total. The van der Waals surface area contributed by atoms with E-state index >= 15 is 0 Å². The van der Waals surface area contributed by atoms with Gasteiger partial charge in [0.2, 0.25) is 0 Å². The number of hydrogen-bond acceptors (Lipinski definition) is 2. The lowest BCUT2D eigenvalue weighted by Gasteiger charge is -2.19. The quantitative estimate of drug-likeness (QED) is 0.632. The van der Waals surface area contributed by atoms with E-state index in [1.807, 2.05) is 30.3 Å². The Balaban J connectivity index is 2.56. The van der Waals surface area contributed by atoms with Gasteiger partial charge in [0.15, 0.2) is 0 Å². The maximum absolute atomic E-state index is 11.7. The molecule has 0 bridgehead atoms. The molecule has 1 unspecified atom stereocenters. The summed E-state index contributed by atoms with van der Waals surface area (Å²) in [4.78, 5) is 11.7. The molecule has 1 atom stereocenters. The normalized spacial score (nSPS) is 11.9. The molecule has 4 heteroatoms. The highest BCUT2D eigenvalue weighted by Crippen LogP contribution is 2.19. The van der Waals surface area contributed by atoms with E-state index < -0.39 is 0 Å². The maximum Gasteiger partial charge on any atom is 0.315 e. The van der Waals surface area contributed by atoms with Crippen molar-refractivity contribution in [3.63, 3.8) is 0 Å². The maximum atomic E-state index is 11.7. The van der Waals surface area contributed by atoms with E-state index in [9.17, 15) is 4.79 Å². The van der Waals surface area contributed by atoms with Crippen LogP contribution in [0.4, 0.5) is 4.79 Å². The number of nitrogens with one attached hydrogen (secondary N) is 2. The number of urea groups is 1. The first-order valence-corrected chi connectivity index (χ1v) is 6.98. The molecule has 0 aliphatic carbocycles. The van der Waals surface area contributed by atoms with E-state index in [0.29, 0.717) is 0 Å². The number of aliphatic hydroxyl groups excluding tert-OH is 1. The largest absolute Gasteiger partial charge is 0.395 e. The second kappa shape index (κ2) is 9.39. The zero-order valence-electron chi connectivity index (χ0n) is 11.6. The van der Waals surface area contributed by atoms with E-state index in [1.165, 1.54) is 6.42 Å². The van der Waals surface area contributed by atoms with Gasteiger partial charge in [0.25, 0.3) is 0 Å². The number of carbonyl (C=O) groups is 1. The number of carbonyl (C=O) groups excluding carboxylic acids is 1. The SMILES string of the molecule is CCCCCC(NC(=O)NCCO)c1ccccc1. The average Bonchev–Trinajstić information content (AvgIpc) is 2.45. The number of unbranched alkanes of at least 4 members (excludes halogenated alkanes) is 2. The summed E-state index contributed by atoms with van der Waals surface area (Å²) in [6.45, 7) is 2.40. The van der Waals surface area contributed by atoms with Crippen LogP contribution in [-0.4, -0.2) is 24.3 Å². The lowest BCUT2D eigenvalue weighted by Crippen LogP contribution is -2.39. The molecule has 4 nitrogen and oxygen atoms in total. The molecule has 0 saturated heterocycles. The minimum Gasteiger partial charge on any atom is -0.395 e. The predicted octanol–water partition coefficient (Wildman–Crippen LogP) is 2.60. The van der Waals surface area contributed by atoms with Crippen molar-refractivity contribution in [1.82, 2.24) is 10.6 Å². The van der Waals surface area contributed by atoms with Crippen LogP contribution in [0.3, 0.4) is 0 Å². The van der Waals surface area contributed by atoms with Crippen LogP contribution in [0.2, 0.25) is 0 Å². The molecule has 1 aromatic carbocycles. The Morgan fingerprint density at radius 2 is 2.00 bits per heavy atom. The van der Waals surface area contributed by atoms with Crippen molar-refractivity contribution in [1.29, 1.82) is 0 Å². The van der Waals surface area contributed by atoms with Crippen LogP contribution in [0, 0.1) is 0 Å². The highest BCUT2D eigenvalue weighted by Gasteiger charge is 2.13. The molecule has 19 heavy (non-hydrogen) atoms. The lowest BCUT2D eigenvalue weighted by atomic mass is 10.0. The van der Waals surface area contributed by atoms with Crippen molar-refractivity contribution in [3.8, 4) is 0 Å². The predicted molar refractivity (Wildman–Crippen MR) is 76.9 cm³/mol. The van der Waals surface area contributed by atoms with Crippen molar-refractivity contribution < 1.29 is 9.90 Å². The minimum absolute atomic E-state index is 0.0337. The van der Waals surface area contributed by atoms with E-state index in [1.54, 1.807) is 0 Å². The summed E-state index contributed by atoms with van der Waals surface area (Å²) in [5.74, 6) is 0. The Bertz CT molecular complexity index is 354. The van der Waals surface area contributed by atoms with Gasteiger partial charge in [-0.05, 0) is 12.0 Å². The molecule has 0 heterocycles. The van der Waals surface area contributed by atoms with Gasteiger partial charge in [0.1, 0.15) is 0 Å². The van der Waals surface area contributed by atoms with Crippen LogP contribution >= 0.6 is 0 Å². The number of aliphatic hydroxyl groups is 1. The summed E-state index contributed by atoms with van der Waals surface area (Å²) in [5.41, 5.74) is 1.12. The lowest BCUT2D eigenvalue weighted by molar-refractivity contribution is 0.229. The molecule has 0 aromatic heterocycles. The van der Waals surface area contributed by atoms with Crippen LogP contribution in [0.25, 0.3) is 0 Å². The topological polar surface area (TPSA) is 61.4 Å². The van der Waals surface area contributed by atoms with Crippen LogP contribution in [0.5, 0.6) is 0 Å². The summed E-state index contributed by atoms with van der Waals surface area (Å²) in [6.07, 6.45) is 4.36. The molecule has 0 spiro atoms. The van der Waals surface area contributed by atoms with Gasteiger partial charge in [0, 0.05) is 6.54 Å². The van der Waals surface area contributed by atoms with Gasteiger partial charge in [-0.2, -0.15) is 0 Å². The van der Waals surface area contributed by atoms with Crippen molar-refractivity contribution >= 4 is 6.03 Å². The van der Waals surface area contributed by atoms with Gasteiger partial charge in [-0.3, -0.25) is 0 Å². The summed E-state index contributed by atoms with van der Waals surface area (Å²) in [7, 11) is 0. The zero-order chi connectivity index (χ0) is 13.9. The fourth-order valence-electron chi connectivity index (χ4n) is 1.98. The third kappa shape index (κ3) is 6.25. The molecular formula is C15H24N2O2. The second-order valence-electron chi connectivity index (χ2n) is 4.58. The molecule has 0 radical (unpaired) electrons. The number of hydrogen-bond donors (Lipinski definition) is 3. The Labute approximate surface area is 115 Å². The van der Waals surface area contributed by atoms with Gasteiger partial charge in [0.05, 0.1) is 12.6 Å². The smallest absolute Gasteiger partial charge is 0.315 e. The van der Waals surface area contributed by atoms with Crippen molar-refractivity contribution in [3.05, 3.63) is 35.9 Å². The summed E-state index contributed by atoms with van der Waals surface area (Å²) in [6, 6.07) is 9.81. The van der Waals surface area contributed by atoms with Crippen molar-refractivity contribution in [2.24, 2.45) is 0 Å². The van der Waals surface area contributed by atoms with Crippen LogP contribution in [0.15, 0.2) is 30.3 Å². The highest BCUT2D eigenvalue weighted by molar-refractivity contribution is 5.74. The van der Waals surface area contributed by atoms with Crippen molar-refractivity contribution in [2.45, 2.75) is 38.6 Å². The fraction of sp³-hybridized carbons (Fsp3) is 0.533. The zero-order valence-corrected chi connectivity index (χ0v) is 11.6. The van der Waals surface area contributed by atoms with Gasteiger partial charge in [-0.1, -0.05) is 56.5 Å². The summed E-state index contributed by atoms with van der Waals surface area (Å²) in [5, 5.41) is 14.3. The van der Waals surface area contributed by atoms with Gasteiger partial charge in [-0.25, -0.2) is 4.79 Å².